The molecule has 0 aromatic carbocycles. The lowest BCUT2D eigenvalue weighted by atomic mass is 9.85. The van der Waals surface area contributed by atoms with Crippen LogP contribution in [0, 0.1) is 5.41 Å². The molecule has 1 aliphatic rings. The summed E-state index contributed by atoms with van der Waals surface area (Å²) in [5.41, 5.74) is -0.995. The second-order valence-corrected chi connectivity index (χ2v) is 5.68. The SMILES string of the molecule is COC(C)(C)CC1(C)C(=N)NC(=O)N1C(C)C. The lowest BCUT2D eigenvalue weighted by Gasteiger charge is -2.40. The molecular formula is C12H23N3O2. The number of carbonyl (C=O) groups is 1. The predicted molar refractivity (Wildman–Crippen MR) is 67.3 cm³/mol. The molecule has 1 aliphatic heterocycles. The van der Waals surface area contributed by atoms with E-state index in [1.165, 1.54) is 0 Å². The largest absolute Gasteiger partial charge is 0.379 e. The smallest absolute Gasteiger partial charge is 0.323 e. The summed E-state index contributed by atoms with van der Waals surface area (Å²) in [7, 11) is 1.65. The summed E-state index contributed by atoms with van der Waals surface area (Å²) in [6.07, 6.45) is 0.590. The van der Waals surface area contributed by atoms with Crippen LogP contribution in [0.2, 0.25) is 0 Å². The molecule has 5 heteroatoms. The molecule has 1 saturated heterocycles. The fourth-order valence-corrected chi connectivity index (χ4v) is 2.53. The number of methoxy groups -OCH3 is 1. The van der Waals surface area contributed by atoms with Crippen molar-refractivity contribution in [2.75, 3.05) is 7.11 Å². The molecule has 1 rings (SSSR count). The van der Waals surface area contributed by atoms with Gasteiger partial charge in [0.2, 0.25) is 0 Å². The lowest BCUT2D eigenvalue weighted by molar-refractivity contribution is -0.0120. The van der Waals surface area contributed by atoms with E-state index in [1.807, 2.05) is 34.6 Å². The fourth-order valence-electron chi connectivity index (χ4n) is 2.53. The van der Waals surface area contributed by atoms with Gasteiger partial charge in [0.05, 0.1) is 5.60 Å². The fraction of sp³-hybridized carbons (Fsp3) is 0.833. The van der Waals surface area contributed by atoms with Gasteiger partial charge in [0.1, 0.15) is 11.4 Å². The number of nitrogens with zero attached hydrogens (tertiary/aromatic N) is 1. The van der Waals surface area contributed by atoms with Gasteiger partial charge < -0.3 is 9.64 Å². The Morgan fingerprint density at radius 1 is 1.53 bits per heavy atom. The van der Waals surface area contributed by atoms with Gasteiger partial charge in [0, 0.05) is 19.6 Å². The van der Waals surface area contributed by atoms with Gasteiger partial charge in [-0.05, 0) is 34.6 Å². The number of urea groups is 1. The van der Waals surface area contributed by atoms with E-state index in [1.54, 1.807) is 12.0 Å². The molecule has 0 radical (unpaired) electrons. The summed E-state index contributed by atoms with van der Waals surface area (Å²) in [4.78, 5) is 13.6. The molecule has 1 atom stereocenters. The maximum atomic E-state index is 11.8. The van der Waals surface area contributed by atoms with Crippen LogP contribution in [0.4, 0.5) is 4.79 Å². The zero-order chi connectivity index (χ0) is 13.4. The number of nitrogens with one attached hydrogen (secondary N) is 2. The van der Waals surface area contributed by atoms with Crippen LogP contribution in [0.1, 0.15) is 41.0 Å². The Morgan fingerprint density at radius 3 is 2.47 bits per heavy atom. The Labute approximate surface area is 103 Å². The molecule has 0 aromatic heterocycles. The van der Waals surface area contributed by atoms with Gasteiger partial charge in [0.15, 0.2) is 0 Å². The van der Waals surface area contributed by atoms with Crippen LogP contribution >= 0.6 is 0 Å². The zero-order valence-corrected chi connectivity index (χ0v) is 11.5. The molecular weight excluding hydrogens is 218 g/mol. The van der Waals surface area contributed by atoms with Gasteiger partial charge in [0.25, 0.3) is 0 Å². The van der Waals surface area contributed by atoms with Crippen molar-refractivity contribution in [3.05, 3.63) is 0 Å². The van der Waals surface area contributed by atoms with Gasteiger partial charge in [-0.1, -0.05) is 0 Å². The minimum Gasteiger partial charge on any atom is -0.379 e. The van der Waals surface area contributed by atoms with E-state index >= 15 is 0 Å². The molecule has 1 fully saturated rings. The molecule has 1 heterocycles. The van der Waals surface area contributed by atoms with Gasteiger partial charge >= 0.3 is 6.03 Å². The first kappa shape index (κ1) is 14.0. The van der Waals surface area contributed by atoms with E-state index in [4.69, 9.17) is 10.1 Å². The highest BCUT2D eigenvalue weighted by Crippen LogP contribution is 2.33. The van der Waals surface area contributed by atoms with E-state index in [0.717, 1.165) is 0 Å². The second-order valence-electron chi connectivity index (χ2n) is 5.68. The molecule has 0 aromatic rings. The van der Waals surface area contributed by atoms with Crippen LogP contribution < -0.4 is 5.32 Å². The number of rotatable bonds is 4. The van der Waals surface area contributed by atoms with E-state index in [0.29, 0.717) is 6.42 Å². The Balaban J connectivity index is 3.06. The third-order valence-electron chi connectivity index (χ3n) is 3.36. The number of amidine groups is 1. The molecule has 98 valence electrons. The van der Waals surface area contributed by atoms with E-state index in [9.17, 15) is 4.79 Å². The summed E-state index contributed by atoms with van der Waals surface area (Å²) in [5, 5.41) is 10.6. The first-order valence-corrected chi connectivity index (χ1v) is 5.88. The number of hydrogen-bond donors (Lipinski definition) is 2. The minimum atomic E-state index is -0.620. The quantitative estimate of drug-likeness (QED) is 0.790. The summed E-state index contributed by atoms with van der Waals surface area (Å²) < 4.78 is 5.41. The van der Waals surface area contributed by atoms with Gasteiger partial charge in [-0.25, -0.2) is 4.79 Å². The van der Waals surface area contributed by atoms with Crippen molar-refractivity contribution >= 4 is 11.9 Å². The summed E-state index contributed by atoms with van der Waals surface area (Å²) in [6.45, 7) is 9.75. The molecule has 2 amide bonds. The Hall–Kier alpha value is -1.10. The van der Waals surface area contributed by atoms with Crippen molar-refractivity contribution in [2.45, 2.75) is 58.2 Å². The molecule has 5 nitrogen and oxygen atoms in total. The van der Waals surface area contributed by atoms with Gasteiger partial charge in [-0.3, -0.25) is 10.7 Å². The van der Waals surface area contributed by atoms with Gasteiger partial charge in [-0.15, -0.1) is 0 Å². The van der Waals surface area contributed by atoms with Crippen molar-refractivity contribution in [1.29, 1.82) is 5.41 Å². The highest BCUT2D eigenvalue weighted by Gasteiger charge is 2.50. The predicted octanol–water partition coefficient (Wildman–Crippen LogP) is 1.97. The highest BCUT2D eigenvalue weighted by atomic mass is 16.5. The summed E-state index contributed by atoms with van der Waals surface area (Å²) in [6, 6.07) is -0.144. The number of carbonyl (C=O) groups excluding carboxylic acids is 1. The Bertz CT molecular complexity index is 339. The molecule has 0 spiro atoms. The van der Waals surface area contributed by atoms with Crippen LogP contribution in [0.15, 0.2) is 0 Å². The van der Waals surface area contributed by atoms with E-state index < -0.39 is 5.54 Å². The van der Waals surface area contributed by atoms with E-state index in [-0.39, 0.29) is 23.5 Å². The van der Waals surface area contributed by atoms with Crippen LogP contribution in [0.5, 0.6) is 0 Å². The number of ether oxygens (including phenoxy) is 1. The number of amides is 2. The number of hydrogen-bond acceptors (Lipinski definition) is 3. The molecule has 17 heavy (non-hydrogen) atoms. The normalized spacial score (nSPS) is 25.7. The standard InChI is InChI=1S/C12H23N3O2/c1-8(2)15-10(16)14-9(13)12(15,5)7-11(3,4)17-6/h8H,7H2,1-6H3,(H2,13,14,16). The maximum absolute atomic E-state index is 11.8. The molecule has 1 unspecified atom stereocenters. The Kier molecular flexibility index (Phi) is 3.52. The van der Waals surface area contributed by atoms with Crippen molar-refractivity contribution in [3.8, 4) is 0 Å². The monoisotopic (exact) mass is 241 g/mol. The van der Waals surface area contributed by atoms with Crippen molar-refractivity contribution in [2.24, 2.45) is 0 Å². The average molecular weight is 241 g/mol. The summed E-state index contributed by atoms with van der Waals surface area (Å²) in [5.74, 6) is 0.251. The lowest BCUT2D eigenvalue weighted by Crippen LogP contribution is -2.53. The topological polar surface area (TPSA) is 65.4 Å². The highest BCUT2D eigenvalue weighted by molar-refractivity contribution is 6.08. The van der Waals surface area contributed by atoms with Crippen LogP contribution in [-0.4, -0.2) is 41.1 Å². The van der Waals surface area contributed by atoms with E-state index in [2.05, 4.69) is 5.32 Å². The van der Waals surface area contributed by atoms with Crippen molar-refractivity contribution < 1.29 is 9.53 Å². The molecule has 0 saturated carbocycles. The third-order valence-corrected chi connectivity index (χ3v) is 3.36. The minimum absolute atomic E-state index is 0.0514. The third kappa shape index (κ3) is 2.44. The van der Waals surface area contributed by atoms with Crippen molar-refractivity contribution in [3.63, 3.8) is 0 Å². The molecule has 0 aliphatic carbocycles. The Morgan fingerprint density at radius 2 is 2.06 bits per heavy atom. The van der Waals surface area contributed by atoms with Crippen LogP contribution in [0.25, 0.3) is 0 Å². The van der Waals surface area contributed by atoms with Crippen LogP contribution in [0.3, 0.4) is 0 Å². The average Bonchev–Trinajstić information content (AvgIpc) is 2.36. The van der Waals surface area contributed by atoms with Crippen LogP contribution in [-0.2, 0) is 4.74 Å². The first-order valence-electron chi connectivity index (χ1n) is 5.88. The molecule has 2 N–H and O–H groups in total. The van der Waals surface area contributed by atoms with Gasteiger partial charge in [-0.2, -0.15) is 0 Å². The second kappa shape index (κ2) is 4.29. The maximum Gasteiger partial charge on any atom is 0.323 e. The summed E-state index contributed by atoms with van der Waals surface area (Å²) >= 11 is 0. The zero-order valence-electron chi connectivity index (χ0n) is 11.5. The molecule has 0 bridgehead atoms. The first-order chi connectivity index (χ1) is 7.64. The van der Waals surface area contributed by atoms with Crippen molar-refractivity contribution in [1.82, 2.24) is 10.2 Å².